The third-order valence-electron chi connectivity index (χ3n) is 7.41. The number of hydrogen-bond acceptors (Lipinski definition) is 8. The van der Waals surface area contributed by atoms with Gasteiger partial charge in [0.05, 0.1) is 39.0 Å². The Labute approximate surface area is 222 Å². The van der Waals surface area contributed by atoms with Crippen molar-refractivity contribution in [3.05, 3.63) is 58.7 Å². The first-order valence-electron chi connectivity index (χ1n) is 13.0. The van der Waals surface area contributed by atoms with Gasteiger partial charge in [-0.1, -0.05) is 6.07 Å². The largest absolute Gasteiger partial charge is 0.507 e. The number of likely N-dealkylation sites (tertiary alicyclic amines) is 1. The lowest BCUT2D eigenvalue weighted by Crippen LogP contribution is -2.38. The third kappa shape index (κ3) is 4.96. The molecule has 9 nitrogen and oxygen atoms in total. The summed E-state index contributed by atoms with van der Waals surface area (Å²) in [4.78, 5) is 30.6. The van der Waals surface area contributed by atoms with Crippen LogP contribution in [0.2, 0.25) is 0 Å². The molecule has 0 radical (unpaired) electrons. The highest BCUT2D eigenvalue weighted by Crippen LogP contribution is 2.42. The SMILES string of the molecule is COc1ccc([C@@H]2C(=C(O)c3ccc4c(c3)C[C@@H](C)O4)C(=O)C(=O)N2CCCN2CCOCC2)cc1OC. The number of aliphatic hydroxyl groups is 1. The topological polar surface area (TPSA) is 97.8 Å². The Kier molecular flexibility index (Phi) is 7.58. The predicted molar refractivity (Wildman–Crippen MR) is 141 cm³/mol. The lowest BCUT2D eigenvalue weighted by atomic mass is 9.94. The first-order valence-corrected chi connectivity index (χ1v) is 13.0. The molecule has 2 saturated heterocycles. The highest BCUT2D eigenvalue weighted by atomic mass is 16.5. The number of aliphatic hydroxyl groups excluding tert-OH is 1. The van der Waals surface area contributed by atoms with Crippen LogP contribution in [0.25, 0.3) is 5.76 Å². The van der Waals surface area contributed by atoms with Gasteiger partial charge in [0.25, 0.3) is 11.7 Å². The molecule has 0 bridgehead atoms. The minimum Gasteiger partial charge on any atom is -0.507 e. The van der Waals surface area contributed by atoms with Gasteiger partial charge in [0.2, 0.25) is 0 Å². The van der Waals surface area contributed by atoms with Crippen LogP contribution < -0.4 is 14.2 Å². The number of benzene rings is 2. The molecule has 0 saturated carbocycles. The van der Waals surface area contributed by atoms with Crippen molar-refractivity contribution in [1.82, 2.24) is 9.80 Å². The number of carbonyl (C=O) groups excluding carboxylic acids is 2. The molecule has 2 atom stereocenters. The zero-order chi connectivity index (χ0) is 26.8. The quantitative estimate of drug-likeness (QED) is 0.321. The highest BCUT2D eigenvalue weighted by molar-refractivity contribution is 6.46. The zero-order valence-electron chi connectivity index (χ0n) is 22.1. The van der Waals surface area contributed by atoms with E-state index in [0.717, 1.165) is 30.9 Å². The van der Waals surface area contributed by atoms with Gasteiger partial charge in [-0.3, -0.25) is 14.5 Å². The fraction of sp³-hybridized carbons (Fsp3) is 0.448. The summed E-state index contributed by atoms with van der Waals surface area (Å²) in [7, 11) is 3.09. The first kappa shape index (κ1) is 26.1. The summed E-state index contributed by atoms with van der Waals surface area (Å²) in [6.45, 7) is 6.22. The monoisotopic (exact) mass is 522 g/mol. The van der Waals surface area contributed by atoms with Crippen molar-refractivity contribution in [2.75, 3.05) is 53.6 Å². The molecular weight excluding hydrogens is 488 g/mol. The molecule has 2 aromatic carbocycles. The van der Waals surface area contributed by atoms with Crippen molar-refractivity contribution >= 4 is 17.4 Å². The Bertz CT molecular complexity index is 1250. The molecule has 0 aliphatic carbocycles. The van der Waals surface area contributed by atoms with Gasteiger partial charge >= 0.3 is 0 Å². The summed E-state index contributed by atoms with van der Waals surface area (Å²) < 4.78 is 22.1. The molecule has 0 unspecified atom stereocenters. The van der Waals surface area contributed by atoms with Crippen molar-refractivity contribution in [1.29, 1.82) is 0 Å². The number of morpholine rings is 1. The number of nitrogens with zero attached hydrogens (tertiary/aromatic N) is 2. The molecule has 38 heavy (non-hydrogen) atoms. The highest BCUT2D eigenvalue weighted by Gasteiger charge is 2.46. The molecule has 0 aromatic heterocycles. The summed E-state index contributed by atoms with van der Waals surface area (Å²) >= 11 is 0. The summed E-state index contributed by atoms with van der Waals surface area (Å²) in [6, 6.07) is 9.92. The number of Topliss-reactive ketones (excluding diaryl/α,β-unsaturated/α-hetero) is 1. The number of ether oxygens (including phenoxy) is 4. The third-order valence-corrected chi connectivity index (χ3v) is 7.41. The van der Waals surface area contributed by atoms with E-state index in [1.54, 1.807) is 42.3 Å². The van der Waals surface area contributed by atoms with Gasteiger partial charge in [-0.05, 0) is 54.8 Å². The van der Waals surface area contributed by atoms with Crippen molar-refractivity contribution in [3.63, 3.8) is 0 Å². The van der Waals surface area contributed by atoms with Crippen LogP contribution in [0, 0.1) is 0 Å². The summed E-state index contributed by atoms with van der Waals surface area (Å²) in [5.74, 6) is 0.279. The number of amides is 1. The second-order valence-corrected chi connectivity index (χ2v) is 9.87. The second-order valence-electron chi connectivity index (χ2n) is 9.87. The van der Waals surface area contributed by atoms with Crippen molar-refractivity contribution in [3.8, 4) is 17.2 Å². The standard InChI is InChI=1S/C29H34N2O7/c1-18-15-21-16-20(6-7-22(21)38-18)27(32)25-26(19-5-8-23(35-2)24(17-19)36-3)31(29(34)28(25)33)10-4-9-30-11-13-37-14-12-30/h5-8,16-18,26,32H,4,9-15H2,1-3H3/t18-,26-/m1/s1. The Morgan fingerprint density at radius 3 is 2.53 bits per heavy atom. The van der Waals surface area contributed by atoms with E-state index >= 15 is 0 Å². The summed E-state index contributed by atoms with van der Waals surface area (Å²) in [5, 5.41) is 11.5. The molecule has 202 valence electrons. The molecule has 9 heteroatoms. The van der Waals surface area contributed by atoms with E-state index in [0.29, 0.717) is 55.2 Å². The van der Waals surface area contributed by atoms with Crippen LogP contribution in [0.1, 0.15) is 36.1 Å². The zero-order valence-corrected chi connectivity index (χ0v) is 22.1. The van der Waals surface area contributed by atoms with E-state index in [1.807, 2.05) is 13.0 Å². The molecule has 1 amide bonds. The van der Waals surface area contributed by atoms with Crippen molar-refractivity contribution < 1.29 is 33.6 Å². The van der Waals surface area contributed by atoms with Gasteiger partial charge in [0, 0.05) is 38.2 Å². The Morgan fingerprint density at radius 1 is 1.03 bits per heavy atom. The molecule has 0 spiro atoms. The molecule has 2 fully saturated rings. The van der Waals surface area contributed by atoms with E-state index < -0.39 is 17.7 Å². The first-order chi connectivity index (χ1) is 18.4. The van der Waals surface area contributed by atoms with E-state index in [4.69, 9.17) is 18.9 Å². The predicted octanol–water partition coefficient (Wildman–Crippen LogP) is 3.17. The number of fused-ring (bicyclic) bond motifs is 1. The summed E-state index contributed by atoms with van der Waals surface area (Å²) in [6.07, 6.45) is 1.45. The number of methoxy groups -OCH3 is 2. The Morgan fingerprint density at radius 2 is 1.79 bits per heavy atom. The summed E-state index contributed by atoms with van der Waals surface area (Å²) in [5.41, 5.74) is 2.18. The molecule has 1 N–H and O–H groups in total. The average molecular weight is 523 g/mol. The van der Waals surface area contributed by atoms with Gasteiger partial charge in [-0.25, -0.2) is 0 Å². The van der Waals surface area contributed by atoms with Crippen LogP contribution >= 0.6 is 0 Å². The van der Waals surface area contributed by atoms with Crippen molar-refractivity contribution in [2.45, 2.75) is 31.9 Å². The maximum absolute atomic E-state index is 13.4. The second kappa shape index (κ2) is 11.0. The maximum atomic E-state index is 13.4. The van der Waals surface area contributed by atoms with Gasteiger partial charge < -0.3 is 29.0 Å². The number of ketones is 1. The van der Waals surface area contributed by atoms with Crippen LogP contribution in [-0.4, -0.2) is 86.3 Å². The number of hydrogen-bond donors (Lipinski definition) is 1. The minimum atomic E-state index is -0.761. The van der Waals surface area contributed by atoms with E-state index in [9.17, 15) is 14.7 Å². The molecule has 5 rings (SSSR count). The Hall–Kier alpha value is -3.56. The van der Waals surface area contributed by atoms with Crippen LogP contribution in [0.5, 0.6) is 17.2 Å². The van der Waals surface area contributed by atoms with E-state index in [2.05, 4.69) is 4.90 Å². The average Bonchev–Trinajstić information content (AvgIpc) is 3.43. The molecular formula is C29H34N2O7. The van der Waals surface area contributed by atoms with E-state index in [-0.39, 0.29) is 17.4 Å². The lowest BCUT2D eigenvalue weighted by Gasteiger charge is -2.29. The minimum absolute atomic E-state index is 0.0474. The van der Waals surface area contributed by atoms with Crippen LogP contribution in [0.3, 0.4) is 0 Å². The number of carbonyl (C=O) groups is 2. The molecule has 3 heterocycles. The smallest absolute Gasteiger partial charge is 0.295 e. The van der Waals surface area contributed by atoms with Gasteiger partial charge in [-0.15, -0.1) is 0 Å². The van der Waals surface area contributed by atoms with Gasteiger partial charge in [-0.2, -0.15) is 0 Å². The molecule has 3 aliphatic rings. The maximum Gasteiger partial charge on any atom is 0.295 e. The van der Waals surface area contributed by atoms with Crippen LogP contribution in [0.4, 0.5) is 0 Å². The van der Waals surface area contributed by atoms with Gasteiger partial charge in [0.1, 0.15) is 17.6 Å². The Balaban J connectivity index is 1.52. The van der Waals surface area contributed by atoms with Gasteiger partial charge in [0.15, 0.2) is 11.5 Å². The van der Waals surface area contributed by atoms with Crippen molar-refractivity contribution in [2.24, 2.45) is 0 Å². The number of rotatable bonds is 8. The normalized spacial score (nSPS) is 22.9. The fourth-order valence-electron chi connectivity index (χ4n) is 5.49. The van der Waals surface area contributed by atoms with Crippen LogP contribution in [-0.2, 0) is 20.7 Å². The van der Waals surface area contributed by atoms with Crippen LogP contribution in [0.15, 0.2) is 42.0 Å². The van der Waals surface area contributed by atoms with E-state index in [1.165, 1.54) is 7.11 Å². The fourth-order valence-corrected chi connectivity index (χ4v) is 5.49. The molecule has 2 aromatic rings. The lowest BCUT2D eigenvalue weighted by molar-refractivity contribution is -0.140. The molecule has 3 aliphatic heterocycles.